The van der Waals surface area contributed by atoms with E-state index in [2.05, 4.69) is 4.74 Å². The van der Waals surface area contributed by atoms with Crippen molar-refractivity contribution in [3.05, 3.63) is 28.3 Å². The van der Waals surface area contributed by atoms with E-state index in [-0.39, 0.29) is 15.3 Å². The van der Waals surface area contributed by atoms with E-state index in [4.69, 9.17) is 9.52 Å². The summed E-state index contributed by atoms with van der Waals surface area (Å²) < 4.78 is 9.25. The van der Waals surface area contributed by atoms with Crippen molar-refractivity contribution in [2.75, 3.05) is 7.11 Å². The van der Waals surface area contributed by atoms with Gasteiger partial charge in [-0.3, -0.25) is 0 Å². The summed E-state index contributed by atoms with van der Waals surface area (Å²) in [5.41, 5.74) is 0.269. The van der Waals surface area contributed by atoms with Crippen molar-refractivity contribution in [1.82, 2.24) is 0 Å². The van der Waals surface area contributed by atoms with Crippen LogP contribution in [0.1, 0.15) is 19.3 Å². The van der Waals surface area contributed by atoms with Crippen LogP contribution in [0.3, 0.4) is 0 Å². The molecule has 6 nitrogen and oxygen atoms in total. The topological polar surface area (TPSA) is 99.8 Å². The fourth-order valence-corrected chi connectivity index (χ4v) is 2.43. The summed E-state index contributed by atoms with van der Waals surface area (Å²) in [6.45, 7) is 0. The van der Waals surface area contributed by atoms with Crippen LogP contribution >= 0.6 is 11.3 Å². The molecule has 2 aromatic rings. The molecule has 18 heavy (non-hydrogen) atoms. The average Bonchev–Trinajstić information content (AvgIpc) is 2.94. The van der Waals surface area contributed by atoms with Gasteiger partial charge in [-0.05, 0) is 6.07 Å². The largest absolute Gasteiger partial charge is 0.871 e. The summed E-state index contributed by atoms with van der Waals surface area (Å²) in [5.74, 6) is -2.78. The lowest BCUT2D eigenvalue weighted by Gasteiger charge is -2.08. The van der Waals surface area contributed by atoms with Gasteiger partial charge in [-0.1, -0.05) is 5.75 Å². The number of furan rings is 1. The van der Waals surface area contributed by atoms with E-state index in [9.17, 15) is 14.7 Å². The molecule has 0 aliphatic heterocycles. The SMILES string of the molecule is COC(=O)c1sc(C(=O)O)c(-c2ccoc2)c1[O-]. The first-order chi connectivity index (χ1) is 8.56. The van der Waals surface area contributed by atoms with Crippen LogP contribution in [-0.2, 0) is 4.74 Å². The number of esters is 1. The molecule has 0 aromatic carbocycles. The Kier molecular flexibility index (Phi) is 3.07. The standard InChI is InChI=1S/C11H8O6S/c1-16-11(15)9-7(12)6(5-2-3-17-4-5)8(18-9)10(13)14/h2-4,12H,1H3,(H,13,14)/p-1. The van der Waals surface area contributed by atoms with Crippen LogP contribution < -0.4 is 5.11 Å². The zero-order chi connectivity index (χ0) is 13.3. The minimum atomic E-state index is -1.27. The van der Waals surface area contributed by atoms with Crippen molar-refractivity contribution in [3.8, 4) is 16.9 Å². The van der Waals surface area contributed by atoms with Crippen LogP contribution in [0.2, 0.25) is 0 Å². The van der Waals surface area contributed by atoms with E-state index in [0.29, 0.717) is 16.9 Å². The minimum Gasteiger partial charge on any atom is -0.871 e. The number of carbonyl (C=O) groups is 2. The summed E-state index contributed by atoms with van der Waals surface area (Å²) in [7, 11) is 1.12. The fraction of sp³-hybridized carbons (Fsp3) is 0.0909. The maximum Gasteiger partial charge on any atom is 0.347 e. The van der Waals surface area contributed by atoms with Crippen molar-refractivity contribution in [1.29, 1.82) is 0 Å². The van der Waals surface area contributed by atoms with E-state index < -0.39 is 17.7 Å². The highest BCUT2D eigenvalue weighted by Crippen LogP contribution is 2.40. The van der Waals surface area contributed by atoms with Crippen LogP contribution in [0.4, 0.5) is 0 Å². The van der Waals surface area contributed by atoms with Gasteiger partial charge in [0.25, 0.3) is 0 Å². The smallest absolute Gasteiger partial charge is 0.347 e. The Balaban J connectivity index is 2.67. The van der Waals surface area contributed by atoms with Crippen molar-refractivity contribution in [2.24, 2.45) is 0 Å². The first-order valence-electron chi connectivity index (χ1n) is 4.74. The van der Waals surface area contributed by atoms with E-state index in [1.54, 1.807) is 0 Å². The zero-order valence-corrected chi connectivity index (χ0v) is 9.95. The van der Waals surface area contributed by atoms with Gasteiger partial charge in [-0.2, -0.15) is 0 Å². The van der Waals surface area contributed by atoms with Gasteiger partial charge in [0.1, 0.15) is 9.75 Å². The molecule has 1 N–H and O–H groups in total. The number of ether oxygens (including phenoxy) is 1. The van der Waals surface area contributed by atoms with Gasteiger partial charge in [0, 0.05) is 11.1 Å². The Morgan fingerprint density at radius 3 is 2.67 bits per heavy atom. The Morgan fingerprint density at radius 2 is 2.17 bits per heavy atom. The molecule has 94 valence electrons. The number of hydrogen-bond donors (Lipinski definition) is 1. The van der Waals surface area contributed by atoms with Crippen molar-refractivity contribution in [3.63, 3.8) is 0 Å². The molecule has 2 heterocycles. The molecule has 0 aliphatic carbocycles. The van der Waals surface area contributed by atoms with Gasteiger partial charge in [-0.15, -0.1) is 11.3 Å². The first kappa shape index (κ1) is 12.2. The highest BCUT2D eigenvalue weighted by molar-refractivity contribution is 7.16. The molecule has 0 aliphatic rings. The summed E-state index contributed by atoms with van der Waals surface area (Å²) in [4.78, 5) is 22.0. The first-order valence-corrected chi connectivity index (χ1v) is 5.56. The number of hydrogen-bond acceptors (Lipinski definition) is 6. The van der Waals surface area contributed by atoms with E-state index >= 15 is 0 Å². The fourth-order valence-electron chi connectivity index (χ4n) is 1.46. The molecule has 0 spiro atoms. The summed E-state index contributed by atoms with van der Waals surface area (Å²) in [6, 6.07) is 1.46. The number of rotatable bonds is 3. The lowest BCUT2D eigenvalue weighted by Crippen LogP contribution is -2.03. The third-order valence-electron chi connectivity index (χ3n) is 2.24. The van der Waals surface area contributed by atoms with Gasteiger partial charge in [-0.25, -0.2) is 9.59 Å². The van der Waals surface area contributed by atoms with Gasteiger partial charge in [0.15, 0.2) is 0 Å². The van der Waals surface area contributed by atoms with Gasteiger partial charge in [0.2, 0.25) is 0 Å². The van der Waals surface area contributed by atoms with Crippen LogP contribution in [0.5, 0.6) is 5.75 Å². The maximum atomic E-state index is 12.0. The third-order valence-corrected chi connectivity index (χ3v) is 3.38. The normalized spacial score (nSPS) is 10.3. The Bertz CT molecular complexity index is 595. The van der Waals surface area contributed by atoms with E-state index in [1.165, 1.54) is 18.6 Å². The van der Waals surface area contributed by atoms with Gasteiger partial charge >= 0.3 is 11.9 Å². The van der Waals surface area contributed by atoms with Crippen molar-refractivity contribution < 1.29 is 29.0 Å². The van der Waals surface area contributed by atoms with Crippen LogP contribution in [-0.4, -0.2) is 24.2 Å². The second-order valence-corrected chi connectivity index (χ2v) is 4.29. The van der Waals surface area contributed by atoms with E-state index in [1.807, 2.05) is 0 Å². The molecular weight excluding hydrogens is 260 g/mol. The highest BCUT2D eigenvalue weighted by Gasteiger charge is 2.23. The van der Waals surface area contributed by atoms with Crippen LogP contribution in [0.25, 0.3) is 11.1 Å². The predicted octanol–water partition coefficient (Wildman–Crippen LogP) is 1.57. The summed E-state index contributed by atoms with van der Waals surface area (Å²) in [5, 5.41) is 21.0. The van der Waals surface area contributed by atoms with Gasteiger partial charge < -0.3 is 19.4 Å². The van der Waals surface area contributed by atoms with Crippen molar-refractivity contribution >= 4 is 23.3 Å². The average molecular weight is 267 g/mol. The second-order valence-electron chi connectivity index (χ2n) is 3.27. The molecule has 7 heteroatoms. The Labute approximate surface area is 105 Å². The minimum absolute atomic E-state index is 0.0540. The number of aromatic carboxylic acids is 1. The maximum absolute atomic E-state index is 12.0. The lowest BCUT2D eigenvalue weighted by atomic mass is 10.1. The molecule has 0 saturated heterocycles. The molecule has 0 fully saturated rings. The molecule has 2 aromatic heterocycles. The number of thiophene rings is 1. The molecule has 0 bridgehead atoms. The number of carboxylic acid groups (broad SMARTS) is 1. The molecular formula is C11H7O6S-. The van der Waals surface area contributed by atoms with Crippen LogP contribution in [0.15, 0.2) is 23.0 Å². The van der Waals surface area contributed by atoms with Crippen molar-refractivity contribution in [2.45, 2.75) is 0 Å². The number of carbonyl (C=O) groups excluding carboxylic acids is 1. The summed E-state index contributed by atoms with van der Waals surface area (Å²) >= 11 is 0.597. The predicted molar refractivity (Wildman–Crippen MR) is 59.8 cm³/mol. The Hall–Kier alpha value is -2.28. The number of methoxy groups -OCH3 is 1. The van der Waals surface area contributed by atoms with Crippen LogP contribution in [0, 0.1) is 0 Å². The Morgan fingerprint density at radius 1 is 1.44 bits per heavy atom. The molecule has 0 amide bonds. The molecule has 2 rings (SSSR count). The lowest BCUT2D eigenvalue weighted by molar-refractivity contribution is -0.267. The van der Waals surface area contributed by atoms with Gasteiger partial charge in [0.05, 0.1) is 19.6 Å². The quantitative estimate of drug-likeness (QED) is 0.847. The molecule has 0 saturated carbocycles. The molecule has 0 unspecified atom stereocenters. The zero-order valence-electron chi connectivity index (χ0n) is 9.13. The number of carboxylic acids is 1. The molecule has 0 radical (unpaired) electrons. The highest BCUT2D eigenvalue weighted by atomic mass is 32.1. The van der Waals surface area contributed by atoms with E-state index in [0.717, 1.165) is 7.11 Å². The second kappa shape index (κ2) is 4.53. The monoisotopic (exact) mass is 267 g/mol. The molecule has 0 atom stereocenters. The third kappa shape index (κ3) is 1.84. The summed E-state index contributed by atoms with van der Waals surface area (Å²) in [6.07, 6.45) is 2.56.